The molecule has 5 nitrogen and oxygen atoms in total. The first-order valence-electron chi connectivity index (χ1n) is 10.4. The topological polar surface area (TPSA) is 45.7 Å². The van der Waals surface area contributed by atoms with Crippen LogP contribution in [0.1, 0.15) is 78.8 Å². The number of likely N-dealkylation sites (tertiary alicyclic amines) is 1. The molecule has 5 heteroatoms. The van der Waals surface area contributed by atoms with Gasteiger partial charge in [-0.3, -0.25) is 9.80 Å². The molecule has 0 saturated carbocycles. The van der Waals surface area contributed by atoms with E-state index in [4.69, 9.17) is 4.74 Å². The zero-order chi connectivity index (χ0) is 20.0. The maximum atomic E-state index is 12.9. The first-order chi connectivity index (χ1) is 12.7. The van der Waals surface area contributed by atoms with Crippen molar-refractivity contribution in [1.82, 2.24) is 9.88 Å². The lowest BCUT2D eigenvalue weighted by Gasteiger charge is -2.38. The van der Waals surface area contributed by atoms with Crippen molar-refractivity contribution < 1.29 is 9.53 Å². The molecule has 0 aliphatic carbocycles. The average molecular weight is 376 g/mol. The molecular weight excluding hydrogens is 338 g/mol. The molecule has 0 N–H and O–H groups in total. The minimum atomic E-state index is -0.521. The Bertz CT molecular complexity index is 610. The maximum absolute atomic E-state index is 12.9. The van der Waals surface area contributed by atoms with Crippen LogP contribution in [0.25, 0.3) is 0 Å². The van der Waals surface area contributed by atoms with Crippen LogP contribution in [0.2, 0.25) is 0 Å². The number of aromatic nitrogens is 1. The molecule has 27 heavy (non-hydrogen) atoms. The standard InChI is InChI=1S/C22H37N3O2/c1-7-14-25(21(26)27-22(4,5)6)20-18(11-10-13-23-20)19-12-8-9-15-24(19)16-17(2)3/h10-11,13,17,19H,7-9,12,14-16H2,1-6H3/t19-/m0/s1. The van der Waals surface area contributed by atoms with Crippen molar-refractivity contribution in [2.24, 2.45) is 5.92 Å². The quantitative estimate of drug-likeness (QED) is 0.666. The minimum absolute atomic E-state index is 0.310. The Hall–Kier alpha value is -1.62. The van der Waals surface area contributed by atoms with Gasteiger partial charge < -0.3 is 4.74 Å². The van der Waals surface area contributed by atoms with Gasteiger partial charge in [0.1, 0.15) is 11.4 Å². The second-order valence-corrected chi connectivity index (χ2v) is 8.95. The molecule has 2 heterocycles. The molecule has 0 unspecified atom stereocenters. The zero-order valence-electron chi connectivity index (χ0n) is 18.0. The number of amides is 1. The number of carbonyl (C=O) groups is 1. The number of rotatable bonds is 6. The van der Waals surface area contributed by atoms with Gasteiger partial charge in [-0.1, -0.05) is 33.3 Å². The molecule has 0 bridgehead atoms. The van der Waals surface area contributed by atoms with Gasteiger partial charge in [-0.05, 0) is 58.6 Å². The Morgan fingerprint density at radius 1 is 1.37 bits per heavy atom. The fraction of sp³-hybridized carbons (Fsp3) is 0.727. The summed E-state index contributed by atoms with van der Waals surface area (Å²) in [4.78, 5) is 21.8. The number of ether oxygens (including phenoxy) is 1. The molecule has 1 atom stereocenters. The van der Waals surface area contributed by atoms with Crippen LogP contribution < -0.4 is 4.90 Å². The van der Waals surface area contributed by atoms with Crippen molar-refractivity contribution in [1.29, 1.82) is 0 Å². The smallest absolute Gasteiger partial charge is 0.416 e. The third kappa shape index (κ3) is 6.20. The van der Waals surface area contributed by atoms with Gasteiger partial charge in [0.05, 0.1) is 0 Å². The van der Waals surface area contributed by atoms with E-state index in [1.54, 1.807) is 11.1 Å². The van der Waals surface area contributed by atoms with E-state index >= 15 is 0 Å². The molecule has 152 valence electrons. The van der Waals surface area contributed by atoms with Gasteiger partial charge in [0, 0.05) is 30.9 Å². The number of nitrogens with zero attached hydrogens (tertiary/aromatic N) is 3. The van der Waals surface area contributed by atoms with Crippen molar-refractivity contribution in [3.63, 3.8) is 0 Å². The molecular formula is C22H37N3O2. The van der Waals surface area contributed by atoms with Gasteiger partial charge in [-0.15, -0.1) is 0 Å². The summed E-state index contributed by atoms with van der Waals surface area (Å²) >= 11 is 0. The van der Waals surface area contributed by atoms with Crippen LogP contribution in [0.3, 0.4) is 0 Å². The van der Waals surface area contributed by atoms with Crippen LogP contribution in [0.5, 0.6) is 0 Å². The van der Waals surface area contributed by atoms with Crippen LogP contribution in [0.15, 0.2) is 18.3 Å². The second-order valence-electron chi connectivity index (χ2n) is 8.95. The predicted octanol–water partition coefficient (Wildman–Crippen LogP) is 5.42. The number of hydrogen-bond acceptors (Lipinski definition) is 4. The van der Waals surface area contributed by atoms with Crippen molar-refractivity contribution in [2.45, 2.75) is 78.9 Å². The van der Waals surface area contributed by atoms with E-state index in [9.17, 15) is 4.79 Å². The lowest BCUT2D eigenvalue weighted by Crippen LogP contribution is -2.40. The highest BCUT2D eigenvalue weighted by molar-refractivity contribution is 5.87. The third-order valence-electron chi connectivity index (χ3n) is 4.71. The molecule has 0 aromatic carbocycles. The molecule has 2 rings (SSSR count). The summed E-state index contributed by atoms with van der Waals surface area (Å²) in [5, 5.41) is 0. The first kappa shape index (κ1) is 21.7. The van der Waals surface area contributed by atoms with Gasteiger partial charge in [-0.25, -0.2) is 9.78 Å². The number of hydrogen-bond donors (Lipinski definition) is 0. The molecule has 1 aliphatic rings. The van der Waals surface area contributed by atoms with E-state index < -0.39 is 5.60 Å². The highest BCUT2D eigenvalue weighted by Gasteiger charge is 2.31. The van der Waals surface area contributed by atoms with Crippen LogP contribution >= 0.6 is 0 Å². The number of pyridine rings is 1. The van der Waals surface area contributed by atoms with Crippen molar-refractivity contribution >= 4 is 11.9 Å². The van der Waals surface area contributed by atoms with E-state index in [0.717, 1.165) is 37.3 Å². The van der Waals surface area contributed by atoms with E-state index in [1.807, 2.05) is 26.8 Å². The lowest BCUT2D eigenvalue weighted by atomic mass is 9.94. The Morgan fingerprint density at radius 2 is 2.11 bits per heavy atom. The van der Waals surface area contributed by atoms with Gasteiger partial charge in [0.15, 0.2) is 0 Å². The molecule has 1 aromatic heterocycles. The molecule has 1 fully saturated rings. The summed E-state index contributed by atoms with van der Waals surface area (Å²) in [5.41, 5.74) is 0.629. The Morgan fingerprint density at radius 3 is 2.74 bits per heavy atom. The van der Waals surface area contributed by atoms with E-state index in [0.29, 0.717) is 18.5 Å². The summed E-state index contributed by atoms with van der Waals surface area (Å²) in [7, 11) is 0. The highest BCUT2D eigenvalue weighted by atomic mass is 16.6. The normalized spacial score (nSPS) is 18.6. The zero-order valence-corrected chi connectivity index (χ0v) is 18.0. The van der Waals surface area contributed by atoms with Gasteiger partial charge in [-0.2, -0.15) is 0 Å². The fourth-order valence-electron chi connectivity index (χ4n) is 3.75. The Kier molecular flexibility index (Phi) is 7.66. The monoisotopic (exact) mass is 375 g/mol. The van der Waals surface area contributed by atoms with E-state index in [-0.39, 0.29) is 6.09 Å². The van der Waals surface area contributed by atoms with Crippen LogP contribution in [-0.4, -0.2) is 41.2 Å². The van der Waals surface area contributed by atoms with Crippen LogP contribution in [-0.2, 0) is 4.74 Å². The number of anilines is 1. The molecule has 1 aliphatic heterocycles. The van der Waals surface area contributed by atoms with Gasteiger partial charge >= 0.3 is 6.09 Å². The summed E-state index contributed by atoms with van der Waals surface area (Å²) < 4.78 is 5.67. The largest absolute Gasteiger partial charge is 0.443 e. The SMILES string of the molecule is CCCN(C(=O)OC(C)(C)C)c1ncccc1[C@@H]1CCCCN1CC(C)C. The molecule has 0 spiro atoms. The second kappa shape index (κ2) is 9.54. The molecule has 0 radical (unpaired) electrons. The van der Waals surface area contributed by atoms with Gasteiger partial charge in [0.2, 0.25) is 0 Å². The Balaban J connectivity index is 2.37. The molecule has 1 saturated heterocycles. The fourth-order valence-corrected chi connectivity index (χ4v) is 3.75. The van der Waals surface area contributed by atoms with E-state index in [2.05, 4.69) is 36.7 Å². The lowest BCUT2D eigenvalue weighted by molar-refractivity contribution is 0.0577. The summed E-state index contributed by atoms with van der Waals surface area (Å²) in [6.45, 7) is 15.1. The van der Waals surface area contributed by atoms with Crippen LogP contribution in [0, 0.1) is 5.92 Å². The number of carbonyl (C=O) groups excluding carboxylic acids is 1. The maximum Gasteiger partial charge on any atom is 0.416 e. The average Bonchev–Trinajstić information content (AvgIpc) is 2.58. The van der Waals surface area contributed by atoms with Gasteiger partial charge in [0.25, 0.3) is 0 Å². The van der Waals surface area contributed by atoms with Crippen molar-refractivity contribution in [3.05, 3.63) is 23.9 Å². The predicted molar refractivity (Wildman–Crippen MR) is 111 cm³/mol. The number of piperidine rings is 1. The summed E-state index contributed by atoms with van der Waals surface area (Å²) in [6, 6.07) is 4.44. The molecule has 1 aromatic rings. The summed E-state index contributed by atoms with van der Waals surface area (Å²) in [5.74, 6) is 1.37. The van der Waals surface area contributed by atoms with E-state index in [1.165, 1.54) is 12.8 Å². The first-order valence-corrected chi connectivity index (χ1v) is 10.4. The van der Waals surface area contributed by atoms with Crippen molar-refractivity contribution in [3.8, 4) is 0 Å². The third-order valence-corrected chi connectivity index (χ3v) is 4.71. The Labute approximate surface area is 165 Å². The summed E-state index contributed by atoms with van der Waals surface area (Å²) in [6.07, 6.45) is 5.89. The molecule has 1 amide bonds. The highest BCUT2D eigenvalue weighted by Crippen LogP contribution is 2.36. The van der Waals surface area contributed by atoms with Crippen LogP contribution in [0.4, 0.5) is 10.6 Å². The minimum Gasteiger partial charge on any atom is -0.443 e. The van der Waals surface area contributed by atoms with Crippen molar-refractivity contribution in [2.75, 3.05) is 24.5 Å².